The van der Waals surface area contributed by atoms with Gasteiger partial charge in [-0.25, -0.2) is 4.39 Å². The van der Waals surface area contributed by atoms with Crippen molar-refractivity contribution in [3.63, 3.8) is 0 Å². The number of nitrogens with zero attached hydrogens (tertiary/aromatic N) is 1. The predicted octanol–water partition coefficient (Wildman–Crippen LogP) is 3.13. The molecule has 0 radical (unpaired) electrons. The van der Waals surface area contributed by atoms with Gasteiger partial charge in [-0.3, -0.25) is 4.98 Å². The van der Waals surface area contributed by atoms with Gasteiger partial charge >= 0.3 is 6.61 Å². The number of alkyl halides is 2. The van der Waals surface area contributed by atoms with Gasteiger partial charge in [-0.2, -0.15) is 8.78 Å². The van der Waals surface area contributed by atoms with Gasteiger partial charge in [0.1, 0.15) is 11.6 Å². The Morgan fingerprint density at radius 3 is 2.60 bits per heavy atom. The van der Waals surface area contributed by atoms with E-state index in [0.717, 1.165) is 6.20 Å². The van der Waals surface area contributed by atoms with E-state index in [-0.39, 0.29) is 5.75 Å². The number of ether oxygens (including phenoxy) is 1. The van der Waals surface area contributed by atoms with Crippen molar-refractivity contribution in [2.75, 3.05) is 7.05 Å². The van der Waals surface area contributed by atoms with E-state index in [9.17, 15) is 13.2 Å². The van der Waals surface area contributed by atoms with Crippen LogP contribution in [0.2, 0.25) is 0 Å². The molecule has 1 N–H and O–H groups in total. The number of hydrogen-bond acceptors (Lipinski definition) is 3. The topological polar surface area (TPSA) is 34.2 Å². The van der Waals surface area contributed by atoms with Crippen LogP contribution in [0, 0.1) is 5.82 Å². The average Bonchev–Trinajstić information content (AvgIpc) is 2.41. The van der Waals surface area contributed by atoms with Crippen molar-refractivity contribution in [1.82, 2.24) is 10.3 Å². The summed E-state index contributed by atoms with van der Waals surface area (Å²) in [6.45, 7) is -2.92. The molecule has 20 heavy (non-hydrogen) atoms. The fraction of sp³-hybridized carbons (Fsp3) is 0.214. The van der Waals surface area contributed by atoms with E-state index in [2.05, 4.69) is 15.0 Å². The Morgan fingerprint density at radius 2 is 1.95 bits per heavy atom. The van der Waals surface area contributed by atoms with Gasteiger partial charge in [-0.05, 0) is 24.7 Å². The van der Waals surface area contributed by atoms with Gasteiger partial charge in [-0.1, -0.05) is 18.2 Å². The van der Waals surface area contributed by atoms with Crippen molar-refractivity contribution in [2.24, 2.45) is 0 Å². The van der Waals surface area contributed by atoms with Gasteiger partial charge in [0, 0.05) is 11.8 Å². The SMILES string of the molecule is CNC(c1cncc(F)c1)c1ccccc1OC(F)F. The number of aromatic nitrogens is 1. The maximum Gasteiger partial charge on any atom is 0.387 e. The molecule has 2 aromatic rings. The normalized spacial score (nSPS) is 12.4. The van der Waals surface area contributed by atoms with Gasteiger partial charge in [0.15, 0.2) is 0 Å². The first-order valence-corrected chi connectivity index (χ1v) is 5.93. The standard InChI is InChI=1S/C14H13F3N2O/c1-18-13(9-6-10(15)8-19-7-9)11-4-2-3-5-12(11)20-14(16)17/h2-8,13-14,18H,1H3. The summed E-state index contributed by atoms with van der Waals surface area (Å²) in [5.74, 6) is -0.443. The molecule has 1 aromatic carbocycles. The second kappa shape index (κ2) is 6.38. The van der Waals surface area contributed by atoms with Crippen LogP contribution in [0.1, 0.15) is 17.2 Å². The van der Waals surface area contributed by atoms with Gasteiger partial charge in [0.25, 0.3) is 0 Å². The molecular formula is C14H13F3N2O. The summed E-state index contributed by atoms with van der Waals surface area (Å²) in [5.41, 5.74) is 1.01. The molecule has 0 saturated heterocycles. The highest BCUT2D eigenvalue weighted by molar-refractivity contribution is 5.41. The Hall–Kier alpha value is -2.08. The molecule has 0 aliphatic heterocycles. The molecule has 2 rings (SSSR count). The lowest BCUT2D eigenvalue weighted by atomic mass is 9.99. The number of pyridine rings is 1. The molecule has 0 amide bonds. The molecule has 0 aliphatic rings. The maximum absolute atomic E-state index is 13.2. The van der Waals surface area contributed by atoms with E-state index in [4.69, 9.17) is 0 Å². The van der Waals surface area contributed by atoms with Crippen molar-refractivity contribution in [3.8, 4) is 5.75 Å². The highest BCUT2D eigenvalue weighted by Gasteiger charge is 2.19. The van der Waals surface area contributed by atoms with Crippen LogP contribution in [-0.2, 0) is 0 Å². The quantitative estimate of drug-likeness (QED) is 0.915. The number of para-hydroxylation sites is 1. The van der Waals surface area contributed by atoms with Gasteiger partial charge < -0.3 is 10.1 Å². The lowest BCUT2D eigenvalue weighted by Gasteiger charge is -2.20. The Kier molecular flexibility index (Phi) is 4.57. The van der Waals surface area contributed by atoms with Crippen molar-refractivity contribution in [3.05, 3.63) is 59.7 Å². The van der Waals surface area contributed by atoms with Gasteiger partial charge in [0.05, 0.1) is 12.2 Å². The second-order valence-corrected chi connectivity index (χ2v) is 4.07. The Balaban J connectivity index is 2.41. The molecule has 0 fully saturated rings. The van der Waals surface area contributed by atoms with Crippen LogP contribution in [0.3, 0.4) is 0 Å². The molecule has 0 saturated carbocycles. The smallest absolute Gasteiger partial charge is 0.387 e. The van der Waals surface area contributed by atoms with Gasteiger partial charge in [0.2, 0.25) is 0 Å². The summed E-state index contributed by atoms with van der Waals surface area (Å²) in [7, 11) is 1.65. The molecule has 1 atom stereocenters. The van der Waals surface area contributed by atoms with Crippen LogP contribution in [0.5, 0.6) is 5.75 Å². The maximum atomic E-state index is 13.2. The number of halogens is 3. The molecule has 0 spiro atoms. The zero-order chi connectivity index (χ0) is 14.5. The molecule has 106 valence electrons. The molecular weight excluding hydrogens is 269 g/mol. The minimum Gasteiger partial charge on any atom is -0.434 e. The highest BCUT2D eigenvalue weighted by atomic mass is 19.3. The lowest BCUT2D eigenvalue weighted by Crippen LogP contribution is -2.19. The van der Waals surface area contributed by atoms with Gasteiger partial charge in [-0.15, -0.1) is 0 Å². The first kappa shape index (κ1) is 14.3. The zero-order valence-electron chi connectivity index (χ0n) is 10.7. The summed E-state index contributed by atoms with van der Waals surface area (Å²) < 4.78 is 42.6. The van der Waals surface area contributed by atoms with E-state index in [1.165, 1.54) is 18.3 Å². The van der Waals surface area contributed by atoms with Crippen LogP contribution in [0.15, 0.2) is 42.7 Å². The number of benzene rings is 1. The predicted molar refractivity (Wildman–Crippen MR) is 68.2 cm³/mol. The molecule has 3 nitrogen and oxygen atoms in total. The average molecular weight is 282 g/mol. The zero-order valence-corrected chi connectivity index (χ0v) is 10.7. The fourth-order valence-electron chi connectivity index (χ4n) is 2.01. The third kappa shape index (κ3) is 3.27. The number of rotatable bonds is 5. The molecule has 1 unspecified atom stereocenters. The fourth-order valence-corrected chi connectivity index (χ4v) is 2.01. The monoisotopic (exact) mass is 282 g/mol. The van der Waals surface area contributed by atoms with Crippen LogP contribution in [0.4, 0.5) is 13.2 Å². The van der Waals surface area contributed by atoms with Crippen LogP contribution >= 0.6 is 0 Å². The molecule has 1 heterocycles. The van der Waals surface area contributed by atoms with Crippen molar-refractivity contribution in [1.29, 1.82) is 0 Å². The molecule has 1 aromatic heterocycles. The second-order valence-electron chi connectivity index (χ2n) is 4.07. The van der Waals surface area contributed by atoms with Crippen LogP contribution < -0.4 is 10.1 Å². The Morgan fingerprint density at radius 1 is 1.20 bits per heavy atom. The largest absolute Gasteiger partial charge is 0.434 e. The minimum atomic E-state index is -2.92. The minimum absolute atomic E-state index is 0.0473. The Labute approximate surface area is 114 Å². The first-order chi connectivity index (χ1) is 9.61. The number of hydrogen-bond donors (Lipinski definition) is 1. The van der Waals surface area contributed by atoms with Crippen molar-refractivity contribution < 1.29 is 17.9 Å². The third-order valence-electron chi connectivity index (χ3n) is 2.79. The summed E-state index contributed by atoms with van der Waals surface area (Å²) in [6.07, 6.45) is 2.56. The third-order valence-corrected chi connectivity index (χ3v) is 2.79. The van der Waals surface area contributed by atoms with Crippen molar-refractivity contribution >= 4 is 0 Å². The summed E-state index contributed by atoms with van der Waals surface area (Å²) in [6, 6.07) is 7.19. The number of nitrogens with one attached hydrogen (secondary N) is 1. The van der Waals surface area contributed by atoms with E-state index in [1.807, 2.05) is 0 Å². The first-order valence-electron chi connectivity index (χ1n) is 5.93. The van der Waals surface area contributed by atoms with Crippen LogP contribution in [0.25, 0.3) is 0 Å². The molecule has 0 aliphatic carbocycles. The lowest BCUT2D eigenvalue weighted by molar-refractivity contribution is -0.0506. The summed E-state index contributed by atoms with van der Waals surface area (Å²) >= 11 is 0. The van der Waals surface area contributed by atoms with E-state index < -0.39 is 18.5 Å². The van der Waals surface area contributed by atoms with Crippen LogP contribution in [-0.4, -0.2) is 18.6 Å². The summed E-state index contributed by atoms with van der Waals surface area (Å²) in [5, 5.41) is 2.94. The summed E-state index contributed by atoms with van der Waals surface area (Å²) in [4.78, 5) is 3.77. The highest BCUT2D eigenvalue weighted by Crippen LogP contribution is 2.30. The molecule has 0 bridgehead atoms. The van der Waals surface area contributed by atoms with Crippen molar-refractivity contribution in [2.45, 2.75) is 12.7 Å². The van der Waals surface area contributed by atoms with E-state index in [0.29, 0.717) is 11.1 Å². The van der Waals surface area contributed by atoms with E-state index >= 15 is 0 Å². The Bertz CT molecular complexity index is 578. The van der Waals surface area contributed by atoms with E-state index in [1.54, 1.807) is 25.2 Å². The molecule has 6 heteroatoms.